The molecular formula is C27H31Cl2N3O6. The smallest absolute Gasteiger partial charge is 0.330 e. The van der Waals surface area contributed by atoms with Crippen LogP contribution < -0.4 is 20.7 Å². The first-order valence-electron chi connectivity index (χ1n) is 12.1. The molecule has 0 amide bonds. The van der Waals surface area contributed by atoms with Gasteiger partial charge in [0.2, 0.25) is 0 Å². The second-order valence-electron chi connectivity index (χ2n) is 8.78. The highest BCUT2D eigenvalue weighted by molar-refractivity contribution is 6.35. The lowest BCUT2D eigenvalue weighted by molar-refractivity contribution is -0.138. The van der Waals surface area contributed by atoms with E-state index in [2.05, 4.69) is 4.90 Å². The van der Waals surface area contributed by atoms with E-state index in [1.807, 2.05) is 19.1 Å². The molecule has 0 saturated heterocycles. The fourth-order valence-corrected chi connectivity index (χ4v) is 4.77. The lowest BCUT2D eigenvalue weighted by Crippen LogP contribution is -2.39. The monoisotopic (exact) mass is 563 g/mol. The number of aromatic nitrogens is 2. The average Bonchev–Trinajstić information content (AvgIpc) is 2.87. The van der Waals surface area contributed by atoms with E-state index in [1.54, 1.807) is 31.3 Å². The van der Waals surface area contributed by atoms with E-state index >= 15 is 0 Å². The van der Waals surface area contributed by atoms with Crippen LogP contribution in [0.15, 0.2) is 58.3 Å². The van der Waals surface area contributed by atoms with Gasteiger partial charge in [-0.1, -0.05) is 42.3 Å². The van der Waals surface area contributed by atoms with Gasteiger partial charge in [-0.3, -0.25) is 19.1 Å². The zero-order valence-corrected chi connectivity index (χ0v) is 23.0. The Bertz CT molecular complexity index is 1390. The Hall–Kier alpha value is -3.27. The number of carboxylic acid groups (broad SMARTS) is 1. The van der Waals surface area contributed by atoms with Crippen LogP contribution in [0.4, 0.5) is 0 Å². The summed E-state index contributed by atoms with van der Waals surface area (Å²) in [6, 6.07) is 11.4. The van der Waals surface area contributed by atoms with Crippen LogP contribution >= 0.6 is 23.2 Å². The topological polar surface area (TPSA) is 103 Å². The number of benzene rings is 2. The van der Waals surface area contributed by atoms with Crippen LogP contribution in [-0.4, -0.2) is 45.4 Å². The SMILES string of the molecule is CCCN(Cc1ccc(OCCn2c(=O)ccn(C)c2=O)c(OC)c1)C(CC(=O)O)c1ccc(Cl)cc1Cl. The van der Waals surface area contributed by atoms with Gasteiger partial charge in [0, 0.05) is 41.9 Å². The van der Waals surface area contributed by atoms with Gasteiger partial charge < -0.3 is 19.1 Å². The number of carbonyl (C=O) groups is 1. The number of ether oxygens (including phenoxy) is 2. The number of halogens is 2. The van der Waals surface area contributed by atoms with Gasteiger partial charge in [-0.05, 0) is 48.4 Å². The van der Waals surface area contributed by atoms with Crippen LogP contribution in [-0.2, 0) is 24.9 Å². The summed E-state index contributed by atoms with van der Waals surface area (Å²) in [6.45, 7) is 3.28. The lowest BCUT2D eigenvalue weighted by atomic mass is 10.0. The van der Waals surface area contributed by atoms with Crippen molar-refractivity contribution in [2.75, 3.05) is 20.3 Å². The predicted molar refractivity (Wildman–Crippen MR) is 147 cm³/mol. The number of hydrogen-bond donors (Lipinski definition) is 1. The van der Waals surface area contributed by atoms with Gasteiger partial charge in [0.1, 0.15) is 6.61 Å². The number of methoxy groups -OCH3 is 1. The maximum atomic E-state index is 12.2. The molecule has 0 saturated carbocycles. The van der Waals surface area contributed by atoms with Crippen molar-refractivity contribution in [3.63, 3.8) is 0 Å². The summed E-state index contributed by atoms with van der Waals surface area (Å²) in [7, 11) is 3.10. The molecule has 1 atom stereocenters. The molecule has 1 unspecified atom stereocenters. The average molecular weight is 564 g/mol. The van der Waals surface area contributed by atoms with Gasteiger partial charge in [-0.25, -0.2) is 4.79 Å². The Morgan fingerprint density at radius 1 is 1.11 bits per heavy atom. The van der Waals surface area contributed by atoms with Gasteiger partial charge in [-0.2, -0.15) is 0 Å². The number of hydrogen-bond acceptors (Lipinski definition) is 6. The highest BCUT2D eigenvalue weighted by Gasteiger charge is 2.25. The fraction of sp³-hybridized carbons (Fsp3) is 0.370. The van der Waals surface area contributed by atoms with E-state index < -0.39 is 23.3 Å². The zero-order chi connectivity index (χ0) is 27.8. The molecule has 0 spiro atoms. The van der Waals surface area contributed by atoms with Gasteiger partial charge in [0.05, 0.1) is 20.1 Å². The molecule has 0 aliphatic rings. The molecule has 1 heterocycles. The molecule has 9 nitrogen and oxygen atoms in total. The van der Waals surface area contributed by atoms with Gasteiger partial charge >= 0.3 is 11.7 Å². The highest BCUT2D eigenvalue weighted by Crippen LogP contribution is 2.35. The van der Waals surface area contributed by atoms with Crippen molar-refractivity contribution in [3.8, 4) is 11.5 Å². The molecule has 38 heavy (non-hydrogen) atoms. The predicted octanol–water partition coefficient (Wildman–Crippen LogP) is 4.37. The molecule has 11 heteroatoms. The number of nitrogens with zero attached hydrogens (tertiary/aromatic N) is 3. The molecule has 2 aromatic carbocycles. The maximum Gasteiger partial charge on any atom is 0.330 e. The summed E-state index contributed by atoms with van der Waals surface area (Å²) in [5, 5.41) is 10.5. The number of aryl methyl sites for hydroxylation is 1. The van der Waals surface area contributed by atoms with Gasteiger partial charge in [0.25, 0.3) is 5.56 Å². The van der Waals surface area contributed by atoms with Crippen molar-refractivity contribution in [1.29, 1.82) is 0 Å². The van der Waals surface area contributed by atoms with Gasteiger partial charge in [0.15, 0.2) is 11.5 Å². The van der Waals surface area contributed by atoms with E-state index in [1.165, 1.54) is 23.9 Å². The first kappa shape index (κ1) is 29.3. The molecule has 3 aromatic rings. The summed E-state index contributed by atoms with van der Waals surface area (Å²) in [5.41, 5.74) is 0.764. The molecule has 1 N–H and O–H groups in total. The first-order chi connectivity index (χ1) is 18.1. The normalized spacial score (nSPS) is 11.9. The van der Waals surface area contributed by atoms with E-state index in [9.17, 15) is 19.5 Å². The number of rotatable bonds is 13. The number of aliphatic carboxylic acids is 1. The summed E-state index contributed by atoms with van der Waals surface area (Å²) in [6.07, 6.45) is 2.10. The molecule has 0 radical (unpaired) electrons. The maximum absolute atomic E-state index is 12.2. The van der Waals surface area contributed by atoms with Crippen molar-refractivity contribution in [2.24, 2.45) is 7.05 Å². The van der Waals surface area contributed by atoms with E-state index in [0.29, 0.717) is 40.2 Å². The van der Waals surface area contributed by atoms with Crippen LogP contribution in [0.25, 0.3) is 0 Å². The van der Waals surface area contributed by atoms with Crippen molar-refractivity contribution in [3.05, 3.63) is 90.7 Å². The van der Waals surface area contributed by atoms with E-state index in [-0.39, 0.29) is 19.6 Å². The summed E-state index contributed by atoms with van der Waals surface area (Å²) in [4.78, 5) is 38.1. The second-order valence-corrected chi connectivity index (χ2v) is 9.63. The van der Waals surface area contributed by atoms with Gasteiger partial charge in [-0.15, -0.1) is 0 Å². The molecule has 0 aliphatic heterocycles. The van der Waals surface area contributed by atoms with Crippen LogP contribution in [0.1, 0.15) is 36.9 Å². The minimum Gasteiger partial charge on any atom is -0.493 e. The van der Waals surface area contributed by atoms with Crippen LogP contribution in [0.3, 0.4) is 0 Å². The molecular weight excluding hydrogens is 533 g/mol. The van der Waals surface area contributed by atoms with Crippen LogP contribution in [0.5, 0.6) is 11.5 Å². The van der Waals surface area contributed by atoms with Crippen molar-refractivity contribution in [2.45, 2.75) is 38.9 Å². The Labute approximate surface area is 230 Å². The summed E-state index contributed by atoms with van der Waals surface area (Å²) in [5.74, 6) is 0.00398. The summed E-state index contributed by atoms with van der Waals surface area (Å²) >= 11 is 12.5. The van der Waals surface area contributed by atoms with Crippen LogP contribution in [0.2, 0.25) is 10.0 Å². The minimum absolute atomic E-state index is 0.0836. The lowest BCUT2D eigenvalue weighted by Gasteiger charge is -2.32. The van der Waals surface area contributed by atoms with E-state index in [0.717, 1.165) is 16.6 Å². The molecule has 0 bridgehead atoms. The molecule has 204 valence electrons. The third kappa shape index (κ3) is 7.40. The highest BCUT2D eigenvalue weighted by atomic mass is 35.5. The Kier molecular flexibility index (Phi) is 10.4. The van der Waals surface area contributed by atoms with Crippen LogP contribution in [0, 0.1) is 0 Å². The molecule has 0 aliphatic carbocycles. The van der Waals surface area contributed by atoms with Crippen molar-refractivity contribution in [1.82, 2.24) is 14.0 Å². The Morgan fingerprint density at radius 3 is 2.53 bits per heavy atom. The Morgan fingerprint density at radius 2 is 1.87 bits per heavy atom. The standard InChI is InChI=1S/C27H31Cl2N3O6/c1-4-10-31(22(16-26(34)35)20-7-6-19(28)15-21(20)29)17-18-5-8-23(24(14-18)37-3)38-13-12-32-25(33)9-11-30(2)27(32)36/h5-9,11,14-15,22H,4,10,12-13,16-17H2,1-3H3,(H,34,35). The molecule has 3 rings (SSSR count). The quantitative estimate of drug-likeness (QED) is 0.329. The first-order valence-corrected chi connectivity index (χ1v) is 12.9. The fourth-order valence-electron chi connectivity index (χ4n) is 4.24. The van der Waals surface area contributed by atoms with Crippen molar-refractivity contribution >= 4 is 29.2 Å². The minimum atomic E-state index is -0.934. The largest absolute Gasteiger partial charge is 0.493 e. The zero-order valence-electron chi connectivity index (χ0n) is 21.5. The summed E-state index contributed by atoms with van der Waals surface area (Å²) < 4.78 is 13.8. The number of carboxylic acids is 1. The second kappa shape index (κ2) is 13.5. The third-order valence-electron chi connectivity index (χ3n) is 6.07. The van der Waals surface area contributed by atoms with Crippen molar-refractivity contribution < 1.29 is 19.4 Å². The molecule has 0 fully saturated rings. The van der Waals surface area contributed by atoms with E-state index in [4.69, 9.17) is 32.7 Å². The Balaban J connectivity index is 1.81. The third-order valence-corrected chi connectivity index (χ3v) is 6.63. The molecule has 1 aromatic heterocycles.